The summed E-state index contributed by atoms with van der Waals surface area (Å²) in [4.78, 5) is 45.7. The van der Waals surface area contributed by atoms with Gasteiger partial charge in [0.05, 0.1) is 19.5 Å². The van der Waals surface area contributed by atoms with Crippen LogP contribution in [0.25, 0.3) is 11.1 Å². The number of nitrogens with zero attached hydrogens (tertiary/aromatic N) is 3. The van der Waals surface area contributed by atoms with Crippen LogP contribution in [0.1, 0.15) is 29.0 Å². The average Bonchev–Trinajstić information content (AvgIpc) is 3.64. The summed E-state index contributed by atoms with van der Waals surface area (Å²) >= 11 is 0. The van der Waals surface area contributed by atoms with Gasteiger partial charge in [-0.2, -0.15) is 0 Å². The van der Waals surface area contributed by atoms with Crippen molar-refractivity contribution in [3.63, 3.8) is 0 Å². The molecule has 2 fully saturated rings. The molecule has 208 valence electrons. The molecule has 1 spiro atoms. The Morgan fingerprint density at radius 3 is 2.12 bits per heavy atom. The molecule has 6 rings (SSSR count). The van der Waals surface area contributed by atoms with Gasteiger partial charge in [-0.15, -0.1) is 0 Å². The van der Waals surface area contributed by atoms with Crippen LogP contribution in [-0.4, -0.2) is 59.4 Å². The molecule has 3 amide bonds. The molecule has 1 aromatic heterocycles. The van der Waals surface area contributed by atoms with Crippen LogP contribution < -0.4 is 10.2 Å². The lowest BCUT2D eigenvalue weighted by Gasteiger charge is -2.43. The summed E-state index contributed by atoms with van der Waals surface area (Å²) < 4.78 is 5.29. The monoisotopic (exact) mass is 548 g/mol. The van der Waals surface area contributed by atoms with Crippen LogP contribution in [-0.2, 0) is 16.1 Å². The Hall–Kier alpha value is -4.85. The molecule has 0 unspecified atom stereocenters. The van der Waals surface area contributed by atoms with Gasteiger partial charge in [0.1, 0.15) is 17.8 Å². The minimum Gasteiger partial charge on any atom is -0.467 e. The molecule has 8 heteroatoms. The predicted molar refractivity (Wildman–Crippen MR) is 156 cm³/mol. The van der Waals surface area contributed by atoms with Crippen LogP contribution in [0.4, 0.5) is 5.69 Å². The number of carbonyl (C=O) groups is 3. The Labute approximate surface area is 239 Å². The number of carbonyl (C=O) groups excluding carboxylic acids is 3. The summed E-state index contributed by atoms with van der Waals surface area (Å²) in [5, 5.41) is 2.83. The van der Waals surface area contributed by atoms with E-state index in [2.05, 4.69) is 10.2 Å². The van der Waals surface area contributed by atoms with E-state index in [1.807, 2.05) is 89.8 Å². The summed E-state index contributed by atoms with van der Waals surface area (Å²) in [6.07, 6.45) is 2.53. The van der Waals surface area contributed by atoms with E-state index in [0.717, 1.165) is 16.8 Å². The number of amides is 3. The number of nitrogens with one attached hydrogen (secondary N) is 1. The van der Waals surface area contributed by atoms with Crippen molar-refractivity contribution in [1.82, 2.24) is 15.1 Å². The van der Waals surface area contributed by atoms with Gasteiger partial charge in [-0.1, -0.05) is 60.7 Å². The van der Waals surface area contributed by atoms with E-state index >= 15 is 0 Å². The zero-order valence-electron chi connectivity index (χ0n) is 22.7. The van der Waals surface area contributed by atoms with Crippen molar-refractivity contribution >= 4 is 23.4 Å². The molecule has 2 saturated heterocycles. The first-order valence-electron chi connectivity index (χ1n) is 13.9. The number of piperidine rings is 1. The van der Waals surface area contributed by atoms with Crippen LogP contribution in [0.2, 0.25) is 0 Å². The molecule has 4 aromatic rings. The van der Waals surface area contributed by atoms with Crippen molar-refractivity contribution in [2.45, 2.75) is 24.9 Å². The molecule has 8 nitrogen and oxygen atoms in total. The normalized spacial score (nSPS) is 16.3. The fraction of sp³-hybridized carbons (Fsp3) is 0.242. The Morgan fingerprint density at radius 2 is 1.46 bits per heavy atom. The van der Waals surface area contributed by atoms with Gasteiger partial charge in [-0.25, -0.2) is 0 Å². The molecule has 0 saturated carbocycles. The number of likely N-dealkylation sites (tertiary alicyclic amines) is 1. The summed E-state index contributed by atoms with van der Waals surface area (Å²) in [5.41, 5.74) is 2.91. The quantitative estimate of drug-likeness (QED) is 0.367. The van der Waals surface area contributed by atoms with Gasteiger partial charge in [-0.3, -0.25) is 14.4 Å². The Morgan fingerprint density at radius 1 is 0.805 bits per heavy atom. The number of furan rings is 1. The lowest BCUT2D eigenvalue weighted by molar-refractivity contribution is -0.137. The van der Waals surface area contributed by atoms with Crippen LogP contribution in [0.15, 0.2) is 108 Å². The van der Waals surface area contributed by atoms with Gasteiger partial charge in [0.2, 0.25) is 5.91 Å². The van der Waals surface area contributed by atoms with E-state index in [0.29, 0.717) is 43.9 Å². The van der Waals surface area contributed by atoms with E-state index < -0.39 is 5.54 Å². The first-order chi connectivity index (χ1) is 20.0. The highest BCUT2D eigenvalue weighted by Crippen LogP contribution is 2.39. The fourth-order valence-corrected chi connectivity index (χ4v) is 5.85. The SMILES string of the molecule is O=C(CN1CN(c2ccccc2)C2(CCN(C(=O)c3ccc(-c4ccccc4)cc3)CC2)C1=O)NCc1ccco1. The lowest BCUT2D eigenvalue weighted by Crippen LogP contribution is -2.57. The highest BCUT2D eigenvalue weighted by molar-refractivity contribution is 5.98. The third-order valence-corrected chi connectivity index (χ3v) is 8.07. The summed E-state index contributed by atoms with van der Waals surface area (Å²) in [5.74, 6) is 0.297. The number of hydrogen-bond acceptors (Lipinski definition) is 5. The minimum atomic E-state index is -0.809. The third kappa shape index (κ3) is 5.33. The van der Waals surface area contributed by atoms with E-state index in [4.69, 9.17) is 4.42 Å². The van der Waals surface area contributed by atoms with Crippen molar-refractivity contribution < 1.29 is 18.8 Å². The molecule has 2 aliphatic heterocycles. The molecule has 0 aliphatic carbocycles. The lowest BCUT2D eigenvalue weighted by atomic mass is 9.85. The van der Waals surface area contributed by atoms with Crippen molar-refractivity contribution in [2.24, 2.45) is 0 Å². The van der Waals surface area contributed by atoms with Crippen LogP contribution in [0, 0.1) is 0 Å². The average molecular weight is 549 g/mol. The summed E-state index contributed by atoms with van der Waals surface area (Å²) in [7, 11) is 0. The second-order valence-corrected chi connectivity index (χ2v) is 10.5. The highest BCUT2D eigenvalue weighted by Gasteiger charge is 2.54. The Bertz CT molecular complexity index is 1500. The maximum atomic E-state index is 13.9. The second kappa shape index (κ2) is 11.3. The maximum Gasteiger partial charge on any atom is 0.253 e. The molecule has 2 aliphatic rings. The van der Waals surface area contributed by atoms with E-state index in [9.17, 15) is 14.4 Å². The number of benzene rings is 3. The summed E-state index contributed by atoms with van der Waals surface area (Å²) in [6, 6.07) is 31.1. The van der Waals surface area contributed by atoms with Crippen molar-refractivity contribution in [3.05, 3.63) is 115 Å². The van der Waals surface area contributed by atoms with E-state index in [-0.39, 0.29) is 30.8 Å². The number of hydrogen-bond donors (Lipinski definition) is 1. The van der Waals surface area contributed by atoms with Crippen molar-refractivity contribution in [2.75, 3.05) is 31.2 Å². The third-order valence-electron chi connectivity index (χ3n) is 8.07. The predicted octanol–water partition coefficient (Wildman–Crippen LogP) is 4.54. The van der Waals surface area contributed by atoms with Gasteiger partial charge in [0.15, 0.2) is 0 Å². The van der Waals surface area contributed by atoms with Gasteiger partial charge < -0.3 is 24.4 Å². The largest absolute Gasteiger partial charge is 0.467 e. The molecular formula is C33H32N4O4. The van der Waals surface area contributed by atoms with Gasteiger partial charge >= 0.3 is 0 Å². The maximum absolute atomic E-state index is 13.9. The van der Waals surface area contributed by atoms with Gasteiger partial charge in [0, 0.05) is 24.3 Å². The second-order valence-electron chi connectivity index (χ2n) is 10.5. The number of rotatable bonds is 7. The zero-order valence-corrected chi connectivity index (χ0v) is 22.7. The van der Waals surface area contributed by atoms with Gasteiger partial charge in [-0.05, 0) is 60.4 Å². The Balaban J connectivity index is 1.15. The van der Waals surface area contributed by atoms with Gasteiger partial charge in [0.25, 0.3) is 11.8 Å². The first kappa shape index (κ1) is 26.4. The van der Waals surface area contributed by atoms with Crippen LogP contribution in [0.5, 0.6) is 0 Å². The van der Waals surface area contributed by atoms with Crippen molar-refractivity contribution in [1.29, 1.82) is 0 Å². The minimum absolute atomic E-state index is 0.0367. The molecule has 1 N–H and O–H groups in total. The smallest absolute Gasteiger partial charge is 0.253 e. The topological polar surface area (TPSA) is 86.1 Å². The van der Waals surface area contributed by atoms with E-state index in [1.54, 1.807) is 23.3 Å². The standard InChI is InChI=1S/C33H32N4O4/c38-30(34-22-29-12-7-21-41-29)23-36-24-37(28-10-5-2-6-11-28)33(32(36)40)17-19-35(20-18-33)31(39)27-15-13-26(14-16-27)25-8-3-1-4-9-25/h1-16,21H,17-20,22-24H2,(H,34,38). The molecule has 3 heterocycles. The number of para-hydroxylation sites is 1. The molecule has 0 radical (unpaired) electrons. The molecule has 0 atom stereocenters. The summed E-state index contributed by atoms with van der Waals surface area (Å²) in [6.45, 7) is 1.44. The Kier molecular flexibility index (Phi) is 7.29. The van der Waals surface area contributed by atoms with Crippen LogP contribution in [0.3, 0.4) is 0 Å². The molecule has 41 heavy (non-hydrogen) atoms. The zero-order chi connectivity index (χ0) is 28.2. The number of anilines is 1. The first-order valence-corrected chi connectivity index (χ1v) is 13.9. The molecule has 0 bridgehead atoms. The fourth-order valence-electron chi connectivity index (χ4n) is 5.85. The van der Waals surface area contributed by atoms with E-state index in [1.165, 1.54) is 0 Å². The highest BCUT2D eigenvalue weighted by atomic mass is 16.3. The molecular weight excluding hydrogens is 516 g/mol. The van der Waals surface area contributed by atoms with Crippen LogP contribution >= 0.6 is 0 Å². The van der Waals surface area contributed by atoms with Crippen molar-refractivity contribution in [3.8, 4) is 11.1 Å². The molecule has 3 aromatic carbocycles.